The molecule has 102 valence electrons. The molecule has 1 aromatic carbocycles. The summed E-state index contributed by atoms with van der Waals surface area (Å²) in [5.74, 6) is 1.79. The van der Waals surface area contributed by atoms with Crippen LogP contribution in [0.4, 0.5) is 0 Å². The van der Waals surface area contributed by atoms with Crippen LogP contribution in [0.5, 0.6) is 11.5 Å². The van der Waals surface area contributed by atoms with Gasteiger partial charge in [0.25, 0.3) is 0 Å². The topological polar surface area (TPSA) is 30.5 Å². The summed E-state index contributed by atoms with van der Waals surface area (Å²) in [6, 6.07) is 8.28. The molecule has 0 radical (unpaired) electrons. The van der Waals surface area contributed by atoms with Crippen molar-refractivity contribution in [3.63, 3.8) is 0 Å². The lowest BCUT2D eigenvalue weighted by molar-refractivity contribution is 0.196. The Balaban J connectivity index is 2.41. The summed E-state index contributed by atoms with van der Waals surface area (Å²) in [6.45, 7) is 10.1. The van der Waals surface area contributed by atoms with Crippen LogP contribution in [0.15, 0.2) is 24.3 Å². The quantitative estimate of drug-likeness (QED) is 0.769. The number of hydrogen-bond acceptors (Lipinski definition) is 3. The molecule has 1 rings (SSSR count). The van der Waals surface area contributed by atoms with Crippen molar-refractivity contribution < 1.29 is 9.47 Å². The highest BCUT2D eigenvalue weighted by molar-refractivity contribution is 5.31. The smallest absolute Gasteiger partial charge is 0.119 e. The van der Waals surface area contributed by atoms with E-state index in [-0.39, 0.29) is 6.10 Å². The third-order valence-corrected chi connectivity index (χ3v) is 2.71. The van der Waals surface area contributed by atoms with Gasteiger partial charge in [-0.3, -0.25) is 0 Å². The van der Waals surface area contributed by atoms with Gasteiger partial charge in [0.05, 0.1) is 12.7 Å². The lowest BCUT2D eigenvalue weighted by Crippen LogP contribution is -2.30. The Kier molecular flexibility index (Phi) is 6.58. The molecule has 0 aliphatic rings. The van der Waals surface area contributed by atoms with Crippen LogP contribution in [-0.4, -0.2) is 25.3 Å². The molecule has 0 saturated carbocycles. The second-order valence-corrected chi connectivity index (χ2v) is 4.53. The minimum absolute atomic E-state index is 0.206. The Morgan fingerprint density at radius 1 is 1.06 bits per heavy atom. The Labute approximate surface area is 110 Å². The molecule has 1 N–H and O–H groups in total. The standard InChI is InChI=1S/C15H25NO2/c1-5-16-12(3)11-13(4)18-15-9-7-14(8-10-15)17-6-2/h7-10,12-13,16H,5-6,11H2,1-4H3. The van der Waals surface area contributed by atoms with Crippen molar-refractivity contribution in [1.82, 2.24) is 5.32 Å². The molecule has 2 unspecified atom stereocenters. The van der Waals surface area contributed by atoms with Gasteiger partial charge in [-0.05, 0) is 58.0 Å². The van der Waals surface area contributed by atoms with E-state index in [1.807, 2.05) is 31.2 Å². The molecule has 0 spiro atoms. The van der Waals surface area contributed by atoms with E-state index in [1.165, 1.54) is 0 Å². The number of rotatable bonds is 8. The van der Waals surface area contributed by atoms with Gasteiger partial charge in [0, 0.05) is 6.04 Å². The summed E-state index contributed by atoms with van der Waals surface area (Å²) < 4.78 is 11.3. The molecule has 0 amide bonds. The maximum absolute atomic E-state index is 5.87. The van der Waals surface area contributed by atoms with Gasteiger partial charge < -0.3 is 14.8 Å². The fourth-order valence-corrected chi connectivity index (χ4v) is 1.99. The zero-order chi connectivity index (χ0) is 13.4. The van der Waals surface area contributed by atoms with E-state index in [0.717, 1.165) is 24.5 Å². The van der Waals surface area contributed by atoms with Crippen LogP contribution in [0, 0.1) is 0 Å². The summed E-state index contributed by atoms with van der Waals surface area (Å²) in [4.78, 5) is 0. The second kappa shape index (κ2) is 7.98. The predicted molar refractivity (Wildman–Crippen MR) is 75.5 cm³/mol. The van der Waals surface area contributed by atoms with Gasteiger partial charge in [-0.25, -0.2) is 0 Å². The fraction of sp³-hybridized carbons (Fsp3) is 0.600. The summed E-state index contributed by atoms with van der Waals surface area (Å²) in [6.07, 6.45) is 1.21. The number of benzene rings is 1. The number of nitrogens with one attached hydrogen (secondary N) is 1. The van der Waals surface area contributed by atoms with Gasteiger partial charge in [-0.2, -0.15) is 0 Å². The maximum Gasteiger partial charge on any atom is 0.119 e. The summed E-state index contributed by atoms with van der Waals surface area (Å²) in [5, 5.41) is 3.39. The van der Waals surface area contributed by atoms with Gasteiger partial charge in [0.2, 0.25) is 0 Å². The third-order valence-electron chi connectivity index (χ3n) is 2.71. The summed E-state index contributed by atoms with van der Waals surface area (Å²) >= 11 is 0. The van der Waals surface area contributed by atoms with Gasteiger partial charge in [0.15, 0.2) is 0 Å². The highest BCUT2D eigenvalue weighted by atomic mass is 16.5. The fourth-order valence-electron chi connectivity index (χ4n) is 1.99. The Morgan fingerprint density at radius 3 is 2.22 bits per heavy atom. The first-order valence-electron chi connectivity index (χ1n) is 6.78. The molecule has 0 aliphatic carbocycles. The highest BCUT2D eigenvalue weighted by Gasteiger charge is 2.09. The summed E-state index contributed by atoms with van der Waals surface area (Å²) in [7, 11) is 0. The molecule has 0 aromatic heterocycles. The number of hydrogen-bond donors (Lipinski definition) is 1. The first-order chi connectivity index (χ1) is 8.65. The highest BCUT2D eigenvalue weighted by Crippen LogP contribution is 2.19. The minimum Gasteiger partial charge on any atom is -0.494 e. The van der Waals surface area contributed by atoms with E-state index in [9.17, 15) is 0 Å². The van der Waals surface area contributed by atoms with Crippen LogP contribution in [0.3, 0.4) is 0 Å². The van der Waals surface area contributed by atoms with Crippen LogP contribution in [0.25, 0.3) is 0 Å². The second-order valence-electron chi connectivity index (χ2n) is 4.53. The average Bonchev–Trinajstić information content (AvgIpc) is 2.32. The average molecular weight is 251 g/mol. The molecular formula is C15H25NO2. The van der Waals surface area contributed by atoms with Crippen molar-refractivity contribution in [3.8, 4) is 11.5 Å². The van der Waals surface area contributed by atoms with Crippen molar-refractivity contribution in [1.29, 1.82) is 0 Å². The molecule has 18 heavy (non-hydrogen) atoms. The zero-order valence-electron chi connectivity index (χ0n) is 11.9. The normalized spacial score (nSPS) is 14.0. The van der Waals surface area contributed by atoms with Crippen LogP contribution in [-0.2, 0) is 0 Å². The van der Waals surface area contributed by atoms with Gasteiger partial charge in [-0.15, -0.1) is 0 Å². The van der Waals surface area contributed by atoms with E-state index < -0.39 is 0 Å². The van der Waals surface area contributed by atoms with Gasteiger partial charge in [0.1, 0.15) is 11.5 Å². The first-order valence-corrected chi connectivity index (χ1v) is 6.78. The maximum atomic E-state index is 5.87. The molecule has 3 heteroatoms. The molecular weight excluding hydrogens is 226 g/mol. The van der Waals surface area contributed by atoms with E-state index in [2.05, 4.69) is 26.1 Å². The molecule has 0 saturated heterocycles. The first kappa shape index (κ1) is 14.8. The van der Waals surface area contributed by atoms with Gasteiger partial charge in [-0.1, -0.05) is 6.92 Å². The van der Waals surface area contributed by atoms with Crippen molar-refractivity contribution in [2.24, 2.45) is 0 Å². The van der Waals surface area contributed by atoms with Crippen LogP contribution in [0.2, 0.25) is 0 Å². The lowest BCUT2D eigenvalue weighted by Gasteiger charge is -2.19. The molecule has 2 atom stereocenters. The van der Waals surface area contributed by atoms with E-state index in [0.29, 0.717) is 12.6 Å². The van der Waals surface area contributed by atoms with Crippen molar-refractivity contribution >= 4 is 0 Å². The van der Waals surface area contributed by atoms with Crippen molar-refractivity contribution in [2.45, 2.75) is 46.3 Å². The monoisotopic (exact) mass is 251 g/mol. The molecule has 0 bridgehead atoms. The third kappa shape index (κ3) is 5.41. The minimum atomic E-state index is 0.206. The Morgan fingerprint density at radius 2 is 1.67 bits per heavy atom. The van der Waals surface area contributed by atoms with Crippen molar-refractivity contribution in [3.05, 3.63) is 24.3 Å². The number of ether oxygens (including phenoxy) is 2. The van der Waals surface area contributed by atoms with E-state index >= 15 is 0 Å². The SMILES string of the molecule is CCNC(C)CC(C)Oc1ccc(OCC)cc1. The lowest BCUT2D eigenvalue weighted by atomic mass is 10.1. The van der Waals surface area contributed by atoms with Crippen LogP contribution >= 0.6 is 0 Å². The van der Waals surface area contributed by atoms with Crippen LogP contribution < -0.4 is 14.8 Å². The van der Waals surface area contributed by atoms with E-state index in [4.69, 9.17) is 9.47 Å². The molecule has 3 nitrogen and oxygen atoms in total. The molecule has 0 heterocycles. The predicted octanol–water partition coefficient (Wildman–Crippen LogP) is 3.24. The zero-order valence-corrected chi connectivity index (χ0v) is 11.9. The van der Waals surface area contributed by atoms with Crippen molar-refractivity contribution in [2.75, 3.05) is 13.2 Å². The molecule has 0 aliphatic heterocycles. The summed E-state index contributed by atoms with van der Waals surface area (Å²) in [5.41, 5.74) is 0. The largest absolute Gasteiger partial charge is 0.494 e. The Bertz CT molecular complexity index is 324. The molecule has 1 aromatic rings. The van der Waals surface area contributed by atoms with E-state index in [1.54, 1.807) is 0 Å². The van der Waals surface area contributed by atoms with Crippen LogP contribution in [0.1, 0.15) is 34.1 Å². The Hall–Kier alpha value is -1.22. The van der Waals surface area contributed by atoms with Gasteiger partial charge >= 0.3 is 0 Å². The molecule has 0 fully saturated rings.